The lowest BCUT2D eigenvalue weighted by Crippen LogP contribution is -2.03. The number of carboxylic acids is 1. The van der Waals surface area contributed by atoms with Crippen molar-refractivity contribution < 1.29 is 19.0 Å². The summed E-state index contributed by atoms with van der Waals surface area (Å²) < 4.78 is 20.3. The van der Waals surface area contributed by atoms with Crippen LogP contribution in [0, 0.1) is 5.82 Å². The fourth-order valence-electron chi connectivity index (χ4n) is 1.82. The van der Waals surface area contributed by atoms with Crippen LogP contribution in [0.2, 0.25) is 0 Å². The molecule has 0 amide bonds. The summed E-state index contributed by atoms with van der Waals surface area (Å²) in [6.07, 6.45) is 0. The number of hydrogen-bond donors (Lipinski definition) is 1. The third-order valence-electron chi connectivity index (χ3n) is 2.64. The fourth-order valence-corrected chi connectivity index (χ4v) is 2.68. The maximum atomic E-state index is 13.7. The van der Waals surface area contributed by atoms with E-state index in [0.717, 1.165) is 11.8 Å². The molecule has 1 aromatic heterocycles. The predicted octanol–water partition coefficient (Wildman–Crippen LogP) is 3.11. The lowest BCUT2D eigenvalue weighted by Gasteiger charge is -2.08. The van der Waals surface area contributed by atoms with E-state index in [1.807, 2.05) is 0 Å². The third-order valence-corrected chi connectivity index (χ3v) is 3.72. The molecule has 2 rings (SSSR count). The van der Waals surface area contributed by atoms with Crippen molar-refractivity contribution in [3.8, 4) is 5.75 Å². The van der Waals surface area contributed by atoms with Crippen LogP contribution >= 0.6 is 23.4 Å². The highest BCUT2D eigenvalue weighted by atomic mass is 35.5. The molecule has 0 aliphatic heterocycles. The number of carbonyl (C=O) groups is 1. The molecule has 8 heteroatoms. The van der Waals surface area contributed by atoms with Crippen LogP contribution in [0.5, 0.6) is 5.75 Å². The van der Waals surface area contributed by atoms with Crippen LogP contribution in [0.4, 0.5) is 4.39 Å². The normalized spacial score (nSPS) is 10.8. The molecule has 2 aromatic rings. The second-order valence-corrected chi connectivity index (χ2v) is 5.63. The summed E-state index contributed by atoms with van der Waals surface area (Å²) in [5.74, 6) is -1.57. The zero-order valence-corrected chi connectivity index (χ0v) is 12.7. The highest BCUT2D eigenvalue weighted by molar-refractivity contribution is 7.99. The number of fused-ring (bicyclic) bond motifs is 1. The number of thioether (sulfide) groups is 1. The fraction of sp³-hybridized carbons (Fsp3) is 0.231. The van der Waals surface area contributed by atoms with Crippen molar-refractivity contribution in [3.63, 3.8) is 0 Å². The second-order valence-electron chi connectivity index (χ2n) is 4.16. The summed E-state index contributed by atoms with van der Waals surface area (Å²) in [5, 5.41) is 9.56. The molecule has 0 radical (unpaired) electrons. The quantitative estimate of drug-likeness (QED) is 0.824. The average Bonchev–Trinajstić information content (AvgIpc) is 2.72. The van der Waals surface area contributed by atoms with E-state index in [0.29, 0.717) is 21.2 Å². The second kappa shape index (κ2) is 6.36. The number of aliphatic carboxylic acids is 1. The number of halogens is 2. The van der Waals surface area contributed by atoms with Crippen molar-refractivity contribution >= 4 is 40.4 Å². The molecule has 112 valence electrons. The van der Waals surface area contributed by atoms with E-state index >= 15 is 0 Å². The minimum atomic E-state index is -0.966. The molecule has 0 bridgehead atoms. The summed E-state index contributed by atoms with van der Waals surface area (Å²) >= 11 is 6.87. The lowest BCUT2D eigenvalue weighted by atomic mass is 10.3. The van der Waals surface area contributed by atoms with Gasteiger partial charge in [0.05, 0.1) is 30.4 Å². The summed E-state index contributed by atoms with van der Waals surface area (Å²) in [6.45, 7) is 3.86. The van der Waals surface area contributed by atoms with E-state index in [9.17, 15) is 9.18 Å². The summed E-state index contributed by atoms with van der Waals surface area (Å²) in [4.78, 5) is 14.9. The predicted molar refractivity (Wildman–Crippen MR) is 79.6 cm³/mol. The van der Waals surface area contributed by atoms with E-state index in [1.165, 1.54) is 19.2 Å². The number of aromatic nitrogens is 2. The first-order valence-electron chi connectivity index (χ1n) is 5.84. The third kappa shape index (κ3) is 3.48. The Hall–Kier alpha value is -1.73. The van der Waals surface area contributed by atoms with E-state index < -0.39 is 11.8 Å². The largest absolute Gasteiger partial charge is 0.494 e. The molecule has 0 aliphatic carbocycles. The zero-order valence-electron chi connectivity index (χ0n) is 11.1. The van der Waals surface area contributed by atoms with E-state index in [-0.39, 0.29) is 18.0 Å². The van der Waals surface area contributed by atoms with Crippen LogP contribution in [-0.2, 0) is 11.3 Å². The van der Waals surface area contributed by atoms with Crippen LogP contribution < -0.4 is 4.74 Å². The summed E-state index contributed by atoms with van der Waals surface area (Å²) in [7, 11) is 1.37. The number of allylic oxidation sites excluding steroid dienone is 1. The van der Waals surface area contributed by atoms with Gasteiger partial charge in [-0.2, -0.15) is 0 Å². The molecule has 0 aliphatic rings. The molecule has 0 saturated carbocycles. The molecular formula is C13H12ClFN2O3S. The molecule has 0 atom stereocenters. The minimum Gasteiger partial charge on any atom is -0.494 e. The molecule has 21 heavy (non-hydrogen) atoms. The zero-order chi connectivity index (χ0) is 15.6. The maximum Gasteiger partial charge on any atom is 0.313 e. The van der Waals surface area contributed by atoms with Crippen molar-refractivity contribution in [1.29, 1.82) is 0 Å². The number of nitrogens with zero attached hydrogens (tertiary/aromatic N) is 2. The molecule has 5 nitrogen and oxygen atoms in total. The van der Waals surface area contributed by atoms with Crippen molar-refractivity contribution in [3.05, 3.63) is 29.6 Å². The molecular weight excluding hydrogens is 319 g/mol. The Morgan fingerprint density at radius 1 is 1.62 bits per heavy atom. The molecule has 1 N–H and O–H groups in total. The van der Waals surface area contributed by atoms with Crippen molar-refractivity contribution in [1.82, 2.24) is 9.55 Å². The Labute approximate surface area is 129 Å². The molecule has 0 saturated heterocycles. The number of benzene rings is 1. The maximum absolute atomic E-state index is 13.7. The number of methoxy groups -OCH3 is 1. The Morgan fingerprint density at radius 2 is 2.33 bits per heavy atom. The van der Waals surface area contributed by atoms with Gasteiger partial charge in [-0.15, -0.1) is 0 Å². The van der Waals surface area contributed by atoms with E-state index in [4.69, 9.17) is 21.4 Å². The van der Waals surface area contributed by atoms with Crippen LogP contribution in [0.3, 0.4) is 0 Å². The Balaban J connectivity index is 2.55. The first-order chi connectivity index (χ1) is 9.92. The minimum absolute atomic E-state index is 0.0821. The van der Waals surface area contributed by atoms with Gasteiger partial charge in [-0.1, -0.05) is 29.9 Å². The van der Waals surface area contributed by atoms with Crippen LogP contribution in [-0.4, -0.2) is 33.5 Å². The molecule has 0 unspecified atom stereocenters. The summed E-state index contributed by atoms with van der Waals surface area (Å²) in [5.41, 5.74) is 1.00. The monoisotopic (exact) mass is 330 g/mol. The molecule has 1 aromatic carbocycles. The SMILES string of the molecule is C=C(Cl)Cn1c(SCC(=O)O)nc2cc(F)c(OC)cc21. The van der Waals surface area contributed by atoms with Gasteiger partial charge in [-0.05, 0) is 0 Å². The molecule has 0 spiro atoms. The van der Waals surface area contributed by atoms with E-state index in [1.54, 1.807) is 4.57 Å². The van der Waals surface area contributed by atoms with Crippen LogP contribution in [0.1, 0.15) is 0 Å². The number of carboxylic acid groups (broad SMARTS) is 1. The Kier molecular flexibility index (Phi) is 4.74. The highest BCUT2D eigenvalue weighted by Crippen LogP contribution is 2.30. The first-order valence-corrected chi connectivity index (χ1v) is 7.20. The highest BCUT2D eigenvalue weighted by Gasteiger charge is 2.16. The van der Waals surface area contributed by atoms with Crippen molar-refractivity contribution in [2.75, 3.05) is 12.9 Å². The number of imidazole rings is 1. The Morgan fingerprint density at radius 3 is 2.90 bits per heavy atom. The Bertz CT molecular complexity index is 717. The van der Waals surface area contributed by atoms with Gasteiger partial charge in [0.1, 0.15) is 0 Å². The van der Waals surface area contributed by atoms with Gasteiger partial charge in [-0.25, -0.2) is 9.37 Å². The number of rotatable bonds is 6. The van der Waals surface area contributed by atoms with Gasteiger partial charge in [-0.3, -0.25) is 4.79 Å². The lowest BCUT2D eigenvalue weighted by molar-refractivity contribution is -0.133. The van der Waals surface area contributed by atoms with Gasteiger partial charge in [0, 0.05) is 17.2 Å². The van der Waals surface area contributed by atoms with E-state index in [2.05, 4.69) is 11.6 Å². The van der Waals surface area contributed by atoms with Gasteiger partial charge in [0.15, 0.2) is 16.7 Å². The first kappa shape index (κ1) is 15.7. The van der Waals surface area contributed by atoms with Crippen molar-refractivity contribution in [2.45, 2.75) is 11.7 Å². The standard InChI is InChI=1S/C13H12ClFN2O3S/c1-7(14)5-17-10-4-11(20-2)8(15)3-9(10)16-13(17)21-6-12(18)19/h3-4H,1,5-6H2,2H3,(H,18,19). The van der Waals surface area contributed by atoms with Gasteiger partial charge in [0.25, 0.3) is 0 Å². The average molecular weight is 331 g/mol. The van der Waals surface area contributed by atoms with Crippen LogP contribution in [0.15, 0.2) is 28.9 Å². The molecule has 1 heterocycles. The van der Waals surface area contributed by atoms with Gasteiger partial charge >= 0.3 is 5.97 Å². The van der Waals surface area contributed by atoms with Crippen molar-refractivity contribution in [2.24, 2.45) is 0 Å². The van der Waals surface area contributed by atoms with Gasteiger partial charge in [0.2, 0.25) is 0 Å². The number of ether oxygens (including phenoxy) is 1. The van der Waals surface area contributed by atoms with Gasteiger partial charge < -0.3 is 14.4 Å². The number of hydrogen-bond acceptors (Lipinski definition) is 4. The van der Waals surface area contributed by atoms with Crippen LogP contribution in [0.25, 0.3) is 11.0 Å². The topological polar surface area (TPSA) is 64.4 Å². The smallest absolute Gasteiger partial charge is 0.313 e. The molecule has 0 fully saturated rings. The summed E-state index contributed by atoms with van der Waals surface area (Å²) in [6, 6.07) is 2.74.